The zero-order chi connectivity index (χ0) is 25.5. The van der Waals surface area contributed by atoms with Crippen molar-refractivity contribution in [3.05, 3.63) is 93.9 Å². The molecule has 1 saturated heterocycles. The van der Waals surface area contributed by atoms with Crippen molar-refractivity contribution < 1.29 is 23.8 Å². The monoisotopic (exact) mass is 503 g/mol. The topological polar surface area (TPSA) is 65.1 Å². The third kappa shape index (κ3) is 6.49. The van der Waals surface area contributed by atoms with Crippen LogP contribution in [0.25, 0.3) is 6.08 Å². The predicted octanol–water partition coefficient (Wildman–Crippen LogP) is 6.40. The number of amides is 2. The Kier molecular flexibility index (Phi) is 8.33. The molecule has 0 aliphatic carbocycles. The second-order valence-corrected chi connectivity index (χ2v) is 9.40. The molecule has 0 atom stereocenters. The largest absolute Gasteiger partial charge is 0.492 e. The van der Waals surface area contributed by atoms with Crippen LogP contribution in [-0.2, 0) is 11.4 Å². The van der Waals surface area contributed by atoms with Crippen molar-refractivity contribution in [1.82, 2.24) is 4.90 Å². The number of aryl methyl sites for hydroxylation is 2. The van der Waals surface area contributed by atoms with Crippen molar-refractivity contribution in [1.29, 1.82) is 0 Å². The number of rotatable bonds is 10. The number of carbonyl (C=O) groups is 2. The molecule has 0 radical (unpaired) electrons. The Bertz CT molecular complexity index is 1250. The zero-order valence-electron chi connectivity index (χ0n) is 20.7. The van der Waals surface area contributed by atoms with Crippen LogP contribution >= 0.6 is 11.8 Å². The lowest BCUT2D eigenvalue weighted by molar-refractivity contribution is -0.123. The van der Waals surface area contributed by atoms with Gasteiger partial charge in [0.25, 0.3) is 11.1 Å². The van der Waals surface area contributed by atoms with Gasteiger partial charge in [-0.3, -0.25) is 14.5 Å². The highest BCUT2D eigenvalue weighted by Gasteiger charge is 2.34. The first-order chi connectivity index (χ1) is 17.4. The van der Waals surface area contributed by atoms with Crippen LogP contribution in [0.15, 0.2) is 71.6 Å². The molecule has 0 saturated carbocycles. The summed E-state index contributed by atoms with van der Waals surface area (Å²) in [6, 6.07) is 21.3. The maximum Gasteiger partial charge on any atom is 0.293 e. The fourth-order valence-electron chi connectivity index (χ4n) is 3.58. The maximum atomic E-state index is 12.9. The highest BCUT2D eigenvalue weighted by atomic mass is 32.2. The number of imide groups is 1. The van der Waals surface area contributed by atoms with Crippen molar-refractivity contribution in [2.75, 3.05) is 19.8 Å². The Labute approximate surface area is 215 Å². The molecule has 1 heterocycles. The lowest BCUT2D eigenvalue weighted by Gasteiger charge is -2.14. The quantitative estimate of drug-likeness (QED) is 0.299. The molecule has 0 bridgehead atoms. The lowest BCUT2D eigenvalue weighted by Crippen LogP contribution is -2.32. The number of thioether (sulfide) groups is 1. The van der Waals surface area contributed by atoms with Crippen LogP contribution in [0.2, 0.25) is 0 Å². The van der Waals surface area contributed by atoms with E-state index >= 15 is 0 Å². The molecule has 3 aromatic rings. The molecule has 0 unspecified atom stereocenters. The average molecular weight is 504 g/mol. The second kappa shape index (κ2) is 11.8. The summed E-state index contributed by atoms with van der Waals surface area (Å²) < 4.78 is 17.5. The van der Waals surface area contributed by atoms with E-state index < -0.39 is 0 Å². The smallest absolute Gasteiger partial charge is 0.293 e. The average Bonchev–Trinajstić information content (AvgIpc) is 3.13. The molecule has 6 nitrogen and oxygen atoms in total. The Morgan fingerprint density at radius 2 is 1.53 bits per heavy atom. The van der Waals surface area contributed by atoms with Crippen LogP contribution in [0.1, 0.15) is 29.2 Å². The number of hydrogen-bond acceptors (Lipinski definition) is 6. The number of nitrogens with zero attached hydrogens (tertiary/aromatic N) is 1. The van der Waals surface area contributed by atoms with Gasteiger partial charge in [0.05, 0.1) is 18.1 Å². The van der Waals surface area contributed by atoms with Gasteiger partial charge in [0, 0.05) is 0 Å². The molecule has 1 aliphatic heterocycles. The first kappa shape index (κ1) is 25.4. The fraction of sp³-hybridized carbons (Fsp3) is 0.241. The molecule has 3 aromatic carbocycles. The predicted molar refractivity (Wildman–Crippen MR) is 142 cm³/mol. The van der Waals surface area contributed by atoms with Gasteiger partial charge >= 0.3 is 0 Å². The van der Waals surface area contributed by atoms with Crippen molar-refractivity contribution in [3.63, 3.8) is 0 Å². The summed E-state index contributed by atoms with van der Waals surface area (Å²) in [5.41, 5.74) is 4.15. The highest BCUT2D eigenvalue weighted by Crippen LogP contribution is 2.35. The molecule has 0 spiro atoms. The van der Waals surface area contributed by atoms with E-state index in [1.807, 2.05) is 87.5 Å². The van der Waals surface area contributed by atoms with Crippen LogP contribution in [0, 0.1) is 13.8 Å². The number of ether oxygens (including phenoxy) is 3. The van der Waals surface area contributed by atoms with Gasteiger partial charge in [-0.1, -0.05) is 53.6 Å². The lowest BCUT2D eigenvalue weighted by atomic mass is 10.1. The summed E-state index contributed by atoms with van der Waals surface area (Å²) in [7, 11) is 0. The first-order valence-corrected chi connectivity index (χ1v) is 12.6. The van der Waals surface area contributed by atoms with E-state index in [-0.39, 0.29) is 24.3 Å². The van der Waals surface area contributed by atoms with E-state index in [2.05, 4.69) is 0 Å². The Morgan fingerprint density at radius 3 is 2.22 bits per heavy atom. The number of carbonyl (C=O) groups excluding carboxylic acids is 2. The van der Waals surface area contributed by atoms with Gasteiger partial charge in [0.15, 0.2) is 11.5 Å². The van der Waals surface area contributed by atoms with Crippen LogP contribution in [0.4, 0.5) is 4.79 Å². The molecular formula is C29H29NO5S. The minimum Gasteiger partial charge on any atom is -0.492 e. The van der Waals surface area contributed by atoms with Gasteiger partial charge in [0.1, 0.15) is 19.0 Å². The summed E-state index contributed by atoms with van der Waals surface area (Å²) in [5, 5.41) is -0.304. The van der Waals surface area contributed by atoms with Gasteiger partial charge in [0.2, 0.25) is 0 Å². The van der Waals surface area contributed by atoms with Gasteiger partial charge < -0.3 is 14.2 Å². The maximum absolute atomic E-state index is 12.9. The van der Waals surface area contributed by atoms with Crippen molar-refractivity contribution in [2.24, 2.45) is 0 Å². The van der Waals surface area contributed by atoms with Gasteiger partial charge in [-0.25, -0.2) is 0 Å². The molecule has 0 aromatic heterocycles. The normalized spacial score (nSPS) is 14.4. The van der Waals surface area contributed by atoms with E-state index in [4.69, 9.17) is 14.2 Å². The molecular weight excluding hydrogens is 474 g/mol. The Balaban J connectivity index is 1.41. The summed E-state index contributed by atoms with van der Waals surface area (Å²) in [6.07, 6.45) is 1.71. The third-order valence-corrected chi connectivity index (χ3v) is 6.47. The van der Waals surface area contributed by atoms with Crippen LogP contribution in [0.3, 0.4) is 0 Å². The molecule has 7 heteroatoms. The molecule has 1 fully saturated rings. The van der Waals surface area contributed by atoms with Gasteiger partial charge in [-0.05, 0) is 74.0 Å². The number of hydrogen-bond donors (Lipinski definition) is 0. The van der Waals surface area contributed by atoms with Crippen LogP contribution in [-0.4, -0.2) is 35.8 Å². The van der Waals surface area contributed by atoms with Crippen molar-refractivity contribution in [3.8, 4) is 17.2 Å². The standard InChI is InChI=1S/C29H29NO5S/c1-4-33-26-17-23(11-14-25(26)35-19-22-9-5-20(2)6-10-22)18-27-28(31)30(29(32)36-27)15-16-34-24-12-7-21(3)8-13-24/h5-14,17-18H,4,15-16,19H2,1-3H3/b27-18-. The minimum absolute atomic E-state index is 0.186. The molecule has 186 valence electrons. The third-order valence-electron chi connectivity index (χ3n) is 5.56. The van der Waals surface area contributed by atoms with E-state index in [1.165, 1.54) is 10.5 Å². The van der Waals surface area contributed by atoms with Gasteiger partial charge in [-0.15, -0.1) is 0 Å². The second-order valence-electron chi connectivity index (χ2n) is 8.41. The zero-order valence-corrected chi connectivity index (χ0v) is 21.5. The summed E-state index contributed by atoms with van der Waals surface area (Å²) >= 11 is 0.928. The first-order valence-electron chi connectivity index (χ1n) is 11.8. The summed E-state index contributed by atoms with van der Waals surface area (Å²) in [4.78, 5) is 26.9. The minimum atomic E-state index is -0.324. The molecule has 4 rings (SSSR count). The molecule has 2 amide bonds. The fourth-order valence-corrected chi connectivity index (χ4v) is 4.45. The molecule has 1 aliphatic rings. The Hall–Kier alpha value is -3.71. The van der Waals surface area contributed by atoms with E-state index in [0.717, 1.165) is 28.5 Å². The molecule has 0 N–H and O–H groups in total. The number of benzene rings is 3. The summed E-state index contributed by atoms with van der Waals surface area (Å²) in [5.74, 6) is 1.59. The van der Waals surface area contributed by atoms with Crippen molar-refractivity contribution in [2.45, 2.75) is 27.4 Å². The van der Waals surface area contributed by atoms with Crippen molar-refractivity contribution >= 4 is 29.0 Å². The summed E-state index contributed by atoms with van der Waals surface area (Å²) in [6.45, 7) is 7.26. The van der Waals surface area contributed by atoms with Gasteiger partial charge in [-0.2, -0.15) is 0 Å². The molecule has 36 heavy (non-hydrogen) atoms. The van der Waals surface area contributed by atoms with E-state index in [9.17, 15) is 9.59 Å². The SMILES string of the molecule is CCOc1cc(/C=C2\SC(=O)N(CCOc3ccc(C)cc3)C2=O)ccc1OCc1ccc(C)cc1. The van der Waals surface area contributed by atoms with Crippen LogP contribution in [0.5, 0.6) is 17.2 Å². The van der Waals surface area contributed by atoms with E-state index in [0.29, 0.717) is 35.4 Å². The van der Waals surface area contributed by atoms with E-state index in [1.54, 1.807) is 6.08 Å². The van der Waals surface area contributed by atoms with Crippen LogP contribution < -0.4 is 14.2 Å². The highest BCUT2D eigenvalue weighted by molar-refractivity contribution is 8.18. The Morgan fingerprint density at radius 1 is 0.833 bits per heavy atom.